The number of anilines is 1. The standard InChI is InChI=1S/C12H22N4O2S/c1-5-10(3)9-16(6-2)19(17,18)11-7-14-12(13-4)15-8-11/h7-8,10H,5-6,9H2,1-4H3,(H,13,14,15). The fraction of sp³-hybridized carbons (Fsp3) is 0.667. The maximum atomic E-state index is 12.4. The highest BCUT2D eigenvalue weighted by atomic mass is 32.2. The van der Waals surface area contributed by atoms with Crippen LogP contribution in [0.2, 0.25) is 0 Å². The average molecular weight is 286 g/mol. The van der Waals surface area contributed by atoms with E-state index in [9.17, 15) is 8.42 Å². The van der Waals surface area contributed by atoms with Crippen molar-refractivity contribution in [3.8, 4) is 0 Å². The van der Waals surface area contributed by atoms with E-state index in [1.54, 1.807) is 7.05 Å². The largest absolute Gasteiger partial charge is 0.357 e. The summed E-state index contributed by atoms with van der Waals surface area (Å²) < 4.78 is 26.4. The molecule has 108 valence electrons. The molecule has 0 fully saturated rings. The highest BCUT2D eigenvalue weighted by Gasteiger charge is 2.24. The zero-order valence-corrected chi connectivity index (χ0v) is 12.7. The molecule has 1 rings (SSSR count). The molecule has 0 aliphatic rings. The molecule has 0 spiro atoms. The molecule has 6 nitrogen and oxygen atoms in total. The Bertz CT molecular complexity index is 487. The van der Waals surface area contributed by atoms with Gasteiger partial charge >= 0.3 is 0 Å². The molecule has 7 heteroatoms. The molecular formula is C12H22N4O2S. The Morgan fingerprint density at radius 2 is 1.89 bits per heavy atom. The lowest BCUT2D eigenvalue weighted by atomic mass is 10.1. The lowest BCUT2D eigenvalue weighted by Gasteiger charge is -2.23. The van der Waals surface area contributed by atoms with Gasteiger partial charge in [0.2, 0.25) is 16.0 Å². The molecule has 1 aromatic rings. The van der Waals surface area contributed by atoms with Gasteiger partial charge in [0.15, 0.2) is 0 Å². The molecule has 0 aromatic carbocycles. The highest BCUT2D eigenvalue weighted by Crippen LogP contribution is 2.17. The van der Waals surface area contributed by atoms with Crippen molar-refractivity contribution < 1.29 is 8.42 Å². The van der Waals surface area contributed by atoms with Crippen LogP contribution in [0.5, 0.6) is 0 Å². The Kier molecular flexibility index (Phi) is 5.68. The Hall–Kier alpha value is -1.21. The van der Waals surface area contributed by atoms with E-state index >= 15 is 0 Å². The summed E-state index contributed by atoms with van der Waals surface area (Å²) in [6.45, 7) is 6.89. The van der Waals surface area contributed by atoms with Crippen molar-refractivity contribution in [1.82, 2.24) is 14.3 Å². The summed E-state index contributed by atoms with van der Waals surface area (Å²) in [5.74, 6) is 0.733. The monoisotopic (exact) mass is 286 g/mol. The lowest BCUT2D eigenvalue weighted by Crippen LogP contribution is -2.34. The molecule has 0 amide bonds. The smallest absolute Gasteiger partial charge is 0.246 e. The molecule has 1 N–H and O–H groups in total. The first-order chi connectivity index (χ1) is 8.95. The first-order valence-electron chi connectivity index (χ1n) is 6.45. The van der Waals surface area contributed by atoms with E-state index in [0.29, 0.717) is 25.0 Å². The Morgan fingerprint density at radius 3 is 2.32 bits per heavy atom. The third-order valence-corrected chi connectivity index (χ3v) is 4.95. The number of hydrogen-bond donors (Lipinski definition) is 1. The van der Waals surface area contributed by atoms with Crippen molar-refractivity contribution in [2.45, 2.75) is 32.1 Å². The Labute approximate surface area is 115 Å². The minimum absolute atomic E-state index is 0.136. The molecule has 0 saturated heterocycles. The molecule has 0 radical (unpaired) electrons. The normalized spacial score (nSPS) is 13.5. The van der Waals surface area contributed by atoms with Gasteiger partial charge in [-0.3, -0.25) is 0 Å². The second-order valence-corrected chi connectivity index (χ2v) is 6.40. The van der Waals surface area contributed by atoms with Crippen LogP contribution in [-0.4, -0.2) is 42.8 Å². The summed E-state index contributed by atoms with van der Waals surface area (Å²) in [6, 6.07) is 0. The molecule has 0 saturated carbocycles. The number of rotatable bonds is 7. The summed E-state index contributed by atoms with van der Waals surface area (Å²) in [6.07, 6.45) is 3.63. The van der Waals surface area contributed by atoms with Crippen molar-refractivity contribution in [1.29, 1.82) is 0 Å². The van der Waals surface area contributed by atoms with Gasteiger partial charge in [-0.1, -0.05) is 27.2 Å². The maximum absolute atomic E-state index is 12.4. The van der Waals surface area contributed by atoms with Gasteiger partial charge in [-0.2, -0.15) is 4.31 Å². The van der Waals surface area contributed by atoms with Crippen LogP contribution in [0, 0.1) is 5.92 Å². The van der Waals surface area contributed by atoms with E-state index in [1.165, 1.54) is 16.7 Å². The van der Waals surface area contributed by atoms with Crippen LogP contribution in [0.4, 0.5) is 5.95 Å². The molecule has 1 heterocycles. The van der Waals surface area contributed by atoms with Crippen molar-refractivity contribution in [3.05, 3.63) is 12.4 Å². The van der Waals surface area contributed by atoms with Crippen LogP contribution >= 0.6 is 0 Å². The summed E-state index contributed by atoms with van der Waals surface area (Å²) in [5, 5.41) is 2.76. The van der Waals surface area contributed by atoms with E-state index in [2.05, 4.69) is 22.2 Å². The summed E-state index contributed by atoms with van der Waals surface area (Å²) in [5.41, 5.74) is 0. The van der Waals surface area contributed by atoms with Gasteiger partial charge in [-0.05, 0) is 5.92 Å². The maximum Gasteiger partial charge on any atom is 0.246 e. The van der Waals surface area contributed by atoms with E-state index in [0.717, 1.165) is 6.42 Å². The third-order valence-electron chi connectivity index (χ3n) is 3.05. The van der Waals surface area contributed by atoms with Gasteiger partial charge < -0.3 is 5.32 Å². The Morgan fingerprint density at radius 1 is 1.32 bits per heavy atom. The van der Waals surface area contributed by atoms with Gasteiger partial charge in [0.25, 0.3) is 0 Å². The zero-order chi connectivity index (χ0) is 14.5. The number of aromatic nitrogens is 2. The summed E-state index contributed by atoms with van der Waals surface area (Å²) >= 11 is 0. The average Bonchev–Trinajstić information content (AvgIpc) is 2.44. The molecular weight excluding hydrogens is 264 g/mol. The van der Waals surface area contributed by atoms with Crippen LogP contribution in [0.1, 0.15) is 27.2 Å². The van der Waals surface area contributed by atoms with Crippen LogP contribution in [-0.2, 0) is 10.0 Å². The number of nitrogens with one attached hydrogen (secondary N) is 1. The van der Waals surface area contributed by atoms with Crippen LogP contribution in [0.15, 0.2) is 17.3 Å². The van der Waals surface area contributed by atoms with Gasteiger partial charge in [0.1, 0.15) is 4.90 Å². The quantitative estimate of drug-likeness (QED) is 0.823. The summed E-state index contributed by atoms with van der Waals surface area (Å²) in [7, 11) is -1.82. The van der Waals surface area contributed by atoms with Gasteiger partial charge in [-0.15, -0.1) is 0 Å². The molecule has 1 unspecified atom stereocenters. The predicted molar refractivity (Wildman–Crippen MR) is 75.5 cm³/mol. The van der Waals surface area contributed by atoms with Crippen molar-refractivity contribution in [3.63, 3.8) is 0 Å². The van der Waals surface area contributed by atoms with E-state index < -0.39 is 10.0 Å². The lowest BCUT2D eigenvalue weighted by molar-refractivity contribution is 0.361. The van der Waals surface area contributed by atoms with Gasteiger partial charge in [0, 0.05) is 20.1 Å². The number of nitrogens with zero attached hydrogens (tertiary/aromatic N) is 3. The fourth-order valence-electron chi connectivity index (χ4n) is 1.60. The van der Waals surface area contributed by atoms with Gasteiger partial charge in [-0.25, -0.2) is 18.4 Å². The van der Waals surface area contributed by atoms with E-state index in [4.69, 9.17) is 0 Å². The highest BCUT2D eigenvalue weighted by molar-refractivity contribution is 7.89. The third kappa shape index (κ3) is 3.87. The minimum Gasteiger partial charge on any atom is -0.357 e. The first kappa shape index (κ1) is 15.8. The van der Waals surface area contributed by atoms with Crippen molar-refractivity contribution in [2.24, 2.45) is 5.92 Å². The fourth-order valence-corrected chi connectivity index (χ4v) is 3.06. The van der Waals surface area contributed by atoms with E-state index in [-0.39, 0.29) is 4.90 Å². The predicted octanol–water partition coefficient (Wildman–Crippen LogP) is 1.57. The molecule has 1 aromatic heterocycles. The van der Waals surface area contributed by atoms with Crippen LogP contribution < -0.4 is 5.32 Å². The Balaban J connectivity index is 2.99. The minimum atomic E-state index is -3.50. The molecule has 0 bridgehead atoms. The number of sulfonamides is 1. The second-order valence-electron chi connectivity index (χ2n) is 4.46. The summed E-state index contributed by atoms with van der Waals surface area (Å²) in [4.78, 5) is 8.04. The topological polar surface area (TPSA) is 75.2 Å². The van der Waals surface area contributed by atoms with E-state index in [1.807, 2.05) is 13.8 Å². The number of hydrogen-bond acceptors (Lipinski definition) is 5. The molecule has 1 atom stereocenters. The van der Waals surface area contributed by atoms with Crippen molar-refractivity contribution in [2.75, 3.05) is 25.5 Å². The zero-order valence-electron chi connectivity index (χ0n) is 11.9. The van der Waals surface area contributed by atoms with Crippen LogP contribution in [0.3, 0.4) is 0 Å². The second kappa shape index (κ2) is 6.81. The van der Waals surface area contributed by atoms with Gasteiger partial charge in [0.05, 0.1) is 12.4 Å². The van der Waals surface area contributed by atoms with Crippen LogP contribution in [0.25, 0.3) is 0 Å². The SMILES string of the molecule is CCC(C)CN(CC)S(=O)(=O)c1cnc(NC)nc1. The molecule has 0 aliphatic carbocycles. The van der Waals surface area contributed by atoms with Crippen molar-refractivity contribution >= 4 is 16.0 Å². The first-order valence-corrected chi connectivity index (χ1v) is 7.89. The molecule has 0 aliphatic heterocycles. The molecule has 19 heavy (non-hydrogen) atoms.